The summed E-state index contributed by atoms with van der Waals surface area (Å²) in [6.07, 6.45) is 4.24. The highest BCUT2D eigenvalue weighted by atomic mass is 32.1. The lowest BCUT2D eigenvalue weighted by molar-refractivity contribution is 0.311. The minimum atomic E-state index is 0.696. The van der Waals surface area contributed by atoms with Gasteiger partial charge in [0.2, 0.25) is 0 Å². The number of hydrogen-bond acceptors (Lipinski definition) is 4. The predicted octanol–water partition coefficient (Wildman–Crippen LogP) is 3.41. The Bertz CT molecular complexity index is 627. The number of aliphatic imine (C=N–C) groups is 1. The Morgan fingerprint density at radius 3 is 2.56 bits per heavy atom. The van der Waals surface area contributed by atoms with E-state index in [9.17, 15) is 0 Å². The van der Waals surface area contributed by atoms with Gasteiger partial charge in [0.15, 0.2) is 5.96 Å². The van der Waals surface area contributed by atoms with Crippen LogP contribution >= 0.6 is 11.3 Å². The van der Waals surface area contributed by atoms with Crippen LogP contribution in [0, 0.1) is 6.92 Å². The molecule has 2 rings (SSSR count). The maximum atomic E-state index is 5.67. The maximum Gasteiger partial charge on any atom is 0.190 e. The van der Waals surface area contributed by atoms with Crippen LogP contribution in [0.5, 0.6) is 5.75 Å². The molecule has 5 nitrogen and oxygen atoms in total. The second kappa shape index (κ2) is 11.5. The molecule has 1 aromatic heterocycles. The van der Waals surface area contributed by atoms with Crippen LogP contribution in [0.3, 0.4) is 0 Å². The fraction of sp³-hybridized carbons (Fsp3) is 0.474. The molecule has 0 unspecified atom stereocenters. The van der Waals surface area contributed by atoms with Gasteiger partial charge in [0, 0.05) is 31.2 Å². The second-order valence-corrected chi connectivity index (χ2v) is 6.72. The van der Waals surface area contributed by atoms with E-state index in [1.807, 2.05) is 37.3 Å². The number of aromatic nitrogens is 1. The maximum absolute atomic E-state index is 5.67. The van der Waals surface area contributed by atoms with E-state index in [4.69, 9.17) is 4.74 Å². The van der Waals surface area contributed by atoms with Crippen LogP contribution in [0.15, 0.2) is 40.7 Å². The fourth-order valence-electron chi connectivity index (χ4n) is 2.33. The van der Waals surface area contributed by atoms with Crippen molar-refractivity contribution in [3.63, 3.8) is 0 Å². The largest absolute Gasteiger partial charge is 0.494 e. The SMILES string of the molecule is CN=C(NCCCCc1nc(C)cs1)NCCCOc1ccccc1. The quantitative estimate of drug-likeness (QED) is 0.387. The van der Waals surface area contributed by atoms with Crippen molar-refractivity contribution in [3.05, 3.63) is 46.4 Å². The minimum absolute atomic E-state index is 0.696. The summed E-state index contributed by atoms with van der Waals surface area (Å²) in [6.45, 7) is 4.50. The molecule has 6 heteroatoms. The molecular weight excluding hydrogens is 332 g/mol. The highest BCUT2D eigenvalue weighted by Gasteiger charge is 2.00. The summed E-state index contributed by atoms with van der Waals surface area (Å²) in [5.41, 5.74) is 1.12. The lowest BCUT2D eigenvalue weighted by atomic mass is 10.2. The predicted molar refractivity (Wildman–Crippen MR) is 106 cm³/mol. The molecule has 0 spiro atoms. The van der Waals surface area contributed by atoms with Crippen LogP contribution in [0.1, 0.15) is 30.0 Å². The first kappa shape index (κ1) is 19.2. The van der Waals surface area contributed by atoms with Crippen molar-refractivity contribution in [2.24, 2.45) is 4.99 Å². The number of nitrogens with one attached hydrogen (secondary N) is 2. The highest BCUT2D eigenvalue weighted by molar-refractivity contribution is 7.09. The van der Waals surface area contributed by atoms with Crippen LogP contribution in [-0.4, -0.2) is 37.7 Å². The lowest BCUT2D eigenvalue weighted by Gasteiger charge is -2.12. The number of unbranched alkanes of at least 4 members (excludes halogenated alkanes) is 1. The van der Waals surface area contributed by atoms with Gasteiger partial charge in [-0.1, -0.05) is 18.2 Å². The molecule has 0 fully saturated rings. The molecule has 0 radical (unpaired) electrons. The summed E-state index contributed by atoms with van der Waals surface area (Å²) >= 11 is 1.75. The molecule has 0 aliphatic rings. The molecule has 0 amide bonds. The van der Waals surface area contributed by atoms with Crippen molar-refractivity contribution in [2.45, 2.75) is 32.6 Å². The van der Waals surface area contributed by atoms with Gasteiger partial charge in [-0.15, -0.1) is 11.3 Å². The summed E-state index contributed by atoms with van der Waals surface area (Å²) in [4.78, 5) is 8.74. The molecule has 2 N–H and O–H groups in total. The molecule has 0 atom stereocenters. The molecule has 136 valence electrons. The Morgan fingerprint density at radius 1 is 1.12 bits per heavy atom. The van der Waals surface area contributed by atoms with E-state index in [0.717, 1.165) is 56.2 Å². The average molecular weight is 361 g/mol. The number of ether oxygens (including phenoxy) is 1. The molecule has 25 heavy (non-hydrogen) atoms. The zero-order valence-electron chi connectivity index (χ0n) is 15.1. The zero-order valence-corrected chi connectivity index (χ0v) is 15.9. The standard InChI is InChI=1S/C19H28N4OS/c1-16-15-25-18(23-16)11-6-7-12-21-19(20-2)22-13-8-14-24-17-9-4-3-5-10-17/h3-5,9-10,15H,6-8,11-14H2,1-2H3,(H2,20,21,22). The molecule has 2 aromatic rings. The molecule has 0 aliphatic heterocycles. The molecule has 0 aliphatic carbocycles. The Kier molecular flexibility index (Phi) is 8.83. The third-order valence-corrected chi connectivity index (χ3v) is 4.65. The first-order valence-electron chi connectivity index (χ1n) is 8.81. The van der Waals surface area contributed by atoms with Gasteiger partial charge in [0.25, 0.3) is 0 Å². The smallest absolute Gasteiger partial charge is 0.190 e. The Morgan fingerprint density at radius 2 is 1.88 bits per heavy atom. The van der Waals surface area contributed by atoms with E-state index in [2.05, 4.69) is 26.0 Å². The molecule has 0 saturated carbocycles. The summed E-state index contributed by atoms with van der Waals surface area (Å²) in [5.74, 6) is 1.77. The van der Waals surface area contributed by atoms with E-state index < -0.39 is 0 Å². The third-order valence-electron chi connectivity index (χ3n) is 3.63. The second-order valence-electron chi connectivity index (χ2n) is 5.78. The van der Waals surface area contributed by atoms with E-state index in [1.165, 1.54) is 5.01 Å². The Balaban J connectivity index is 1.49. The van der Waals surface area contributed by atoms with Gasteiger partial charge < -0.3 is 15.4 Å². The van der Waals surface area contributed by atoms with E-state index in [0.29, 0.717) is 6.61 Å². The number of thiazole rings is 1. The van der Waals surface area contributed by atoms with Gasteiger partial charge in [0.1, 0.15) is 5.75 Å². The average Bonchev–Trinajstić information content (AvgIpc) is 3.05. The topological polar surface area (TPSA) is 58.5 Å². The van der Waals surface area contributed by atoms with Crippen LogP contribution in [0.25, 0.3) is 0 Å². The zero-order chi connectivity index (χ0) is 17.7. The molecule has 0 bridgehead atoms. The van der Waals surface area contributed by atoms with Gasteiger partial charge in [-0.25, -0.2) is 4.98 Å². The van der Waals surface area contributed by atoms with E-state index >= 15 is 0 Å². The number of para-hydroxylation sites is 1. The summed E-state index contributed by atoms with van der Waals surface area (Å²) in [5, 5.41) is 10.0. The molecule has 0 saturated heterocycles. The monoisotopic (exact) mass is 360 g/mol. The van der Waals surface area contributed by atoms with Crippen LogP contribution in [0.2, 0.25) is 0 Å². The van der Waals surface area contributed by atoms with Gasteiger partial charge in [-0.05, 0) is 44.7 Å². The van der Waals surface area contributed by atoms with E-state index in [1.54, 1.807) is 18.4 Å². The van der Waals surface area contributed by atoms with Crippen molar-refractivity contribution in [1.29, 1.82) is 0 Å². The number of guanidine groups is 1. The van der Waals surface area contributed by atoms with Gasteiger partial charge in [0.05, 0.1) is 11.6 Å². The van der Waals surface area contributed by atoms with Gasteiger partial charge >= 0.3 is 0 Å². The fourth-order valence-corrected chi connectivity index (χ4v) is 3.15. The summed E-state index contributed by atoms with van der Waals surface area (Å²) in [7, 11) is 1.80. The van der Waals surface area contributed by atoms with E-state index in [-0.39, 0.29) is 0 Å². The number of hydrogen-bond donors (Lipinski definition) is 2. The van der Waals surface area contributed by atoms with Crippen molar-refractivity contribution in [3.8, 4) is 5.75 Å². The highest BCUT2D eigenvalue weighted by Crippen LogP contribution is 2.11. The molecular formula is C19H28N4OS. The normalized spacial score (nSPS) is 11.4. The number of nitrogens with zero attached hydrogens (tertiary/aromatic N) is 2. The van der Waals surface area contributed by atoms with Gasteiger partial charge in [-0.3, -0.25) is 4.99 Å². The summed E-state index contributed by atoms with van der Waals surface area (Å²) < 4.78 is 5.67. The third kappa shape index (κ3) is 8.03. The molecule has 1 aromatic carbocycles. The lowest BCUT2D eigenvalue weighted by Crippen LogP contribution is -2.38. The van der Waals surface area contributed by atoms with Crippen LogP contribution in [-0.2, 0) is 6.42 Å². The Labute approximate surface area is 154 Å². The Hall–Kier alpha value is -2.08. The van der Waals surface area contributed by atoms with Crippen molar-refractivity contribution in [1.82, 2.24) is 15.6 Å². The van der Waals surface area contributed by atoms with Crippen molar-refractivity contribution >= 4 is 17.3 Å². The van der Waals surface area contributed by atoms with Gasteiger partial charge in [-0.2, -0.15) is 0 Å². The van der Waals surface area contributed by atoms with Crippen LogP contribution in [0.4, 0.5) is 0 Å². The number of aryl methyl sites for hydroxylation is 2. The van der Waals surface area contributed by atoms with Crippen molar-refractivity contribution in [2.75, 3.05) is 26.7 Å². The molecule has 1 heterocycles. The van der Waals surface area contributed by atoms with Crippen molar-refractivity contribution < 1.29 is 4.74 Å². The summed E-state index contributed by atoms with van der Waals surface area (Å²) in [6, 6.07) is 9.90. The first-order valence-corrected chi connectivity index (χ1v) is 9.69. The minimum Gasteiger partial charge on any atom is -0.494 e. The van der Waals surface area contributed by atoms with Crippen LogP contribution < -0.4 is 15.4 Å². The number of benzene rings is 1. The first-order chi connectivity index (χ1) is 12.3. The number of rotatable bonds is 10.